The minimum Gasteiger partial charge on any atom is -0.467 e. The van der Waals surface area contributed by atoms with Crippen LogP contribution in [0.3, 0.4) is 0 Å². The molecule has 2 rings (SSSR count). The Bertz CT molecular complexity index is 570. The van der Waals surface area contributed by atoms with Gasteiger partial charge in [-0.2, -0.15) is 18.2 Å². The number of alkyl halides is 3. The zero-order valence-corrected chi connectivity index (χ0v) is 10.5. The third-order valence-electron chi connectivity index (χ3n) is 2.50. The lowest BCUT2D eigenvalue weighted by Crippen LogP contribution is -2.22. The average Bonchev–Trinajstić information content (AvgIpc) is 2.90. The van der Waals surface area contributed by atoms with E-state index in [9.17, 15) is 13.2 Å². The van der Waals surface area contributed by atoms with Crippen LogP contribution in [-0.2, 0) is 12.7 Å². The Balaban J connectivity index is 2.30. The summed E-state index contributed by atoms with van der Waals surface area (Å²) in [6.07, 6.45) is -3.09. The van der Waals surface area contributed by atoms with Gasteiger partial charge in [0.25, 0.3) is 0 Å². The summed E-state index contributed by atoms with van der Waals surface area (Å²) in [5.41, 5.74) is 0.953. The Labute approximate surface area is 112 Å². The van der Waals surface area contributed by atoms with Gasteiger partial charge in [0.2, 0.25) is 5.95 Å². The lowest BCUT2D eigenvalue weighted by atomic mass is 10.3. The lowest BCUT2D eigenvalue weighted by Gasteiger charge is -2.18. The van der Waals surface area contributed by atoms with Crippen molar-refractivity contribution in [3.05, 3.63) is 35.9 Å². The van der Waals surface area contributed by atoms with E-state index in [4.69, 9.17) is 10.3 Å². The van der Waals surface area contributed by atoms with Crippen molar-refractivity contribution in [3.8, 4) is 0 Å². The standard InChI is InChI=1S/C11H12F3N5O/c1-19(6-7-3-2-4-20-7)9-5-8(11(12,13)14)16-10(17-9)18-15/h2-5H,6,15H2,1H3,(H,16,17,18). The maximum absolute atomic E-state index is 12.7. The van der Waals surface area contributed by atoms with Crippen LogP contribution >= 0.6 is 0 Å². The predicted molar refractivity (Wildman–Crippen MR) is 65.7 cm³/mol. The fourth-order valence-corrected chi connectivity index (χ4v) is 1.56. The van der Waals surface area contributed by atoms with E-state index < -0.39 is 11.9 Å². The summed E-state index contributed by atoms with van der Waals surface area (Å²) in [5, 5.41) is 0. The molecule has 108 valence electrons. The van der Waals surface area contributed by atoms with Crippen molar-refractivity contribution in [3.63, 3.8) is 0 Å². The molecule has 0 atom stereocenters. The molecule has 0 amide bonds. The fraction of sp³-hybridized carbons (Fsp3) is 0.273. The highest BCUT2D eigenvalue weighted by Crippen LogP contribution is 2.30. The molecular weight excluding hydrogens is 275 g/mol. The van der Waals surface area contributed by atoms with Gasteiger partial charge in [-0.1, -0.05) is 0 Å². The molecule has 2 heterocycles. The Hall–Kier alpha value is -2.29. The van der Waals surface area contributed by atoms with Crippen LogP contribution in [0.5, 0.6) is 0 Å². The summed E-state index contributed by atoms with van der Waals surface area (Å²) in [6.45, 7) is 0.269. The Kier molecular flexibility index (Phi) is 3.79. The van der Waals surface area contributed by atoms with Crippen LogP contribution in [-0.4, -0.2) is 17.0 Å². The van der Waals surface area contributed by atoms with Crippen molar-refractivity contribution >= 4 is 11.8 Å². The van der Waals surface area contributed by atoms with E-state index in [1.54, 1.807) is 19.2 Å². The summed E-state index contributed by atoms with van der Waals surface area (Å²) in [7, 11) is 1.59. The summed E-state index contributed by atoms with van der Waals surface area (Å²) in [6, 6.07) is 4.26. The maximum atomic E-state index is 12.7. The number of rotatable bonds is 4. The topological polar surface area (TPSA) is 80.2 Å². The van der Waals surface area contributed by atoms with Gasteiger partial charge in [0.05, 0.1) is 12.8 Å². The molecule has 0 unspecified atom stereocenters. The molecule has 0 aliphatic heterocycles. The molecule has 20 heavy (non-hydrogen) atoms. The first-order chi connectivity index (χ1) is 9.40. The third-order valence-corrected chi connectivity index (χ3v) is 2.50. The number of hydrazine groups is 1. The molecule has 9 heteroatoms. The first-order valence-corrected chi connectivity index (χ1v) is 5.56. The van der Waals surface area contributed by atoms with Crippen LogP contribution in [0.2, 0.25) is 0 Å². The summed E-state index contributed by atoms with van der Waals surface area (Å²) >= 11 is 0. The number of hydrogen-bond donors (Lipinski definition) is 2. The number of halogens is 3. The number of hydrogen-bond acceptors (Lipinski definition) is 6. The van der Waals surface area contributed by atoms with E-state index in [2.05, 4.69) is 9.97 Å². The van der Waals surface area contributed by atoms with E-state index in [0.717, 1.165) is 6.07 Å². The van der Waals surface area contributed by atoms with Gasteiger partial charge in [-0.25, -0.2) is 10.8 Å². The SMILES string of the molecule is CN(Cc1ccco1)c1cc(C(F)(F)F)nc(NN)n1. The normalized spacial score (nSPS) is 11.4. The highest BCUT2D eigenvalue weighted by Gasteiger charge is 2.34. The molecule has 0 fully saturated rings. The largest absolute Gasteiger partial charge is 0.467 e. The Morgan fingerprint density at radius 1 is 1.40 bits per heavy atom. The Morgan fingerprint density at radius 3 is 2.70 bits per heavy atom. The molecule has 0 aromatic carbocycles. The van der Waals surface area contributed by atoms with Gasteiger partial charge in [0, 0.05) is 13.1 Å². The molecule has 0 saturated heterocycles. The van der Waals surface area contributed by atoms with Crippen LogP contribution in [0, 0.1) is 0 Å². The van der Waals surface area contributed by atoms with Crippen LogP contribution in [0.15, 0.2) is 28.9 Å². The van der Waals surface area contributed by atoms with Crippen LogP contribution in [0.1, 0.15) is 11.5 Å². The van der Waals surface area contributed by atoms with Crippen molar-refractivity contribution in [2.75, 3.05) is 17.4 Å². The molecule has 0 radical (unpaired) electrons. The number of nitrogens with one attached hydrogen (secondary N) is 1. The van der Waals surface area contributed by atoms with Gasteiger partial charge in [-0.3, -0.25) is 5.43 Å². The van der Waals surface area contributed by atoms with Gasteiger partial charge in [0.15, 0.2) is 5.69 Å². The maximum Gasteiger partial charge on any atom is 0.433 e. The van der Waals surface area contributed by atoms with E-state index in [1.165, 1.54) is 11.2 Å². The number of anilines is 2. The van der Waals surface area contributed by atoms with Crippen molar-refractivity contribution in [2.24, 2.45) is 5.84 Å². The van der Waals surface area contributed by atoms with Gasteiger partial charge >= 0.3 is 6.18 Å². The zero-order chi connectivity index (χ0) is 14.8. The van der Waals surface area contributed by atoms with Crippen LogP contribution < -0.4 is 16.2 Å². The zero-order valence-electron chi connectivity index (χ0n) is 10.5. The number of nitrogen functional groups attached to an aromatic ring is 1. The predicted octanol–water partition coefficient (Wildman–Crippen LogP) is 2.01. The monoisotopic (exact) mass is 287 g/mol. The average molecular weight is 287 g/mol. The van der Waals surface area contributed by atoms with Gasteiger partial charge < -0.3 is 9.32 Å². The Morgan fingerprint density at radius 2 is 2.15 bits per heavy atom. The van der Waals surface area contributed by atoms with Crippen LogP contribution in [0.25, 0.3) is 0 Å². The fourth-order valence-electron chi connectivity index (χ4n) is 1.56. The first kappa shape index (κ1) is 14.1. The molecular formula is C11H12F3N5O. The summed E-state index contributed by atoms with van der Waals surface area (Å²) < 4.78 is 43.3. The molecule has 0 aliphatic rings. The van der Waals surface area contributed by atoms with E-state index in [-0.39, 0.29) is 18.3 Å². The van der Waals surface area contributed by atoms with Gasteiger partial charge in [-0.15, -0.1) is 0 Å². The second kappa shape index (κ2) is 5.37. The van der Waals surface area contributed by atoms with Gasteiger partial charge in [-0.05, 0) is 12.1 Å². The highest BCUT2D eigenvalue weighted by atomic mass is 19.4. The molecule has 3 N–H and O–H groups in total. The van der Waals surface area contributed by atoms with Crippen molar-refractivity contribution in [2.45, 2.75) is 12.7 Å². The molecule has 0 spiro atoms. The molecule has 2 aromatic rings. The third kappa shape index (κ3) is 3.18. The first-order valence-electron chi connectivity index (χ1n) is 5.56. The van der Waals surface area contributed by atoms with Crippen molar-refractivity contribution in [1.29, 1.82) is 0 Å². The minimum atomic E-state index is -4.57. The minimum absolute atomic E-state index is 0.0803. The number of aromatic nitrogens is 2. The van der Waals surface area contributed by atoms with E-state index in [0.29, 0.717) is 5.76 Å². The summed E-state index contributed by atoms with van der Waals surface area (Å²) in [5.74, 6) is 5.46. The van der Waals surface area contributed by atoms with E-state index in [1.807, 2.05) is 5.43 Å². The number of nitrogens with zero attached hydrogens (tertiary/aromatic N) is 3. The molecule has 0 bridgehead atoms. The smallest absolute Gasteiger partial charge is 0.433 e. The summed E-state index contributed by atoms with van der Waals surface area (Å²) in [4.78, 5) is 8.66. The van der Waals surface area contributed by atoms with Crippen LogP contribution in [0.4, 0.5) is 24.9 Å². The quantitative estimate of drug-likeness (QED) is 0.661. The molecule has 2 aromatic heterocycles. The second-order valence-electron chi connectivity index (χ2n) is 4.01. The number of nitrogens with two attached hydrogens (primary N) is 1. The molecule has 6 nitrogen and oxygen atoms in total. The molecule has 0 aliphatic carbocycles. The van der Waals surface area contributed by atoms with E-state index >= 15 is 0 Å². The number of furan rings is 1. The molecule has 0 saturated carbocycles. The second-order valence-corrected chi connectivity index (χ2v) is 4.01. The highest BCUT2D eigenvalue weighted by molar-refractivity contribution is 5.44. The van der Waals surface area contributed by atoms with Crippen molar-refractivity contribution < 1.29 is 17.6 Å². The van der Waals surface area contributed by atoms with Crippen molar-refractivity contribution in [1.82, 2.24) is 9.97 Å². The lowest BCUT2D eigenvalue weighted by molar-refractivity contribution is -0.141. The van der Waals surface area contributed by atoms with Gasteiger partial charge in [0.1, 0.15) is 11.6 Å².